The minimum atomic E-state index is -3.68. The Morgan fingerprint density at radius 1 is 1.00 bits per heavy atom. The zero-order chi connectivity index (χ0) is 16.7. The van der Waals surface area contributed by atoms with Crippen molar-refractivity contribution in [1.29, 1.82) is 0 Å². The summed E-state index contributed by atoms with van der Waals surface area (Å²) in [7, 11) is -3.68. The van der Waals surface area contributed by atoms with Crippen LogP contribution >= 0.6 is 0 Å². The Bertz CT molecular complexity index is 747. The van der Waals surface area contributed by atoms with Gasteiger partial charge in [-0.25, -0.2) is 17.5 Å². The lowest BCUT2D eigenvalue weighted by molar-refractivity contribution is -0.116. The van der Waals surface area contributed by atoms with Crippen molar-refractivity contribution >= 4 is 21.6 Å². The van der Waals surface area contributed by atoms with Crippen molar-refractivity contribution in [3.63, 3.8) is 0 Å². The fourth-order valence-electron chi connectivity index (χ4n) is 1.90. The summed E-state index contributed by atoms with van der Waals surface area (Å²) in [6.07, 6.45) is 0.555. The lowest BCUT2D eigenvalue weighted by atomic mass is 10.2. The number of nitrogens with one attached hydrogen (secondary N) is 2. The Balaban J connectivity index is 1.76. The van der Waals surface area contributed by atoms with Crippen LogP contribution in [0.2, 0.25) is 0 Å². The molecule has 0 atom stereocenters. The molecule has 0 bridgehead atoms. The van der Waals surface area contributed by atoms with Gasteiger partial charge in [-0.1, -0.05) is 18.2 Å². The number of anilines is 1. The maximum absolute atomic E-state index is 12.8. The molecule has 2 aromatic carbocycles. The molecule has 0 aromatic heterocycles. The number of benzene rings is 2. The molecule has 0 saturated heterocycles. The van der Waals surface area contributed by atoms with E-state index in [1.165, 1.54) is 12.1 Å². The fraction of sp³-hybridized carbons (Fsp3) is 0.188. The van der Waals surface area contributed by atoms with Gasteiger partial charge in [0.05, 0.1) is 4.90 Å². The van der Waals surface area contributed by atoms with E-state index < -0.39 is 15.8 Å². The maximum Gasteiger partial charge on any atom is 0.240 e. The Kier molecular flexibility index (Phi) is 5.84. The Hall–Kier alpha value is -2.25. The van der Waals surface area contributed by atoms with Gasteiger partial charge in [0.15, 0.2) is 0 Å². The first-order valence-corrected chi connectivity index (χ1v) is 8.56. The molecule has 0 fully saturated rings. The molecule has 2 N–H and O–H groups in total. The normalized spacial score (nSPS) is 11.2. The van der Waals surface area contributed by atoms with Gasteiger partial charge in [-0.15, -0.1) is 0 Å². The molecule has 0 aliphatic carbocycles. The molecule has 1 amide bonds. The van der Waals surface area contributed by atoms with Crippen molar-refractivity contribution in [2.75, 3.05) is 11.9 Å². The van der Waals surface area contributed by atoms with Crippen molar-refractivity contribution in [1.82, 2.24) is 4.72 Å². The number of hydrogen-bond donors (Lipinski definition) is 2. The highest BCUT2D eigenvalue weighted by Gasteiger charge is 2.13. The topological polar surface area (TPSA) is 75.3 Å². The van der Waals surface area contributed by atoms with Crippen LogP contribution in [0.5, 0.6) is 0 Å². The third-order valence-electron chi connectivity index (χ3n) is 3.05. The first-order chi connectivity index (χ1) is 11.0. The minimum absolute atomic E-state index is 0.00682. The van der Waals surface area contributed by atoms with Crippen LogP contribution in [0.25, 0.3) is 0 Å². The van der Waals surface area contributed by atoms with Gasteiger partial charge < -0.3 is 5.32 Å². The molecule has 2 rings (SSSR count). The summed E-state index contributed by atoms with van der Waals surface area (Å²) >= 11 is 0. The summed E-state index contributed by atoms with van der Waals surface area (Å²) in [4.78, 5) is 11.7. The first kappa shape index (κ1) is 17.1. The summed E-state index contributed by atoms with van der Waals surface area (Å²) in [6.45, 7) is 0.127. The lowest BCUT2D eigenvalue weighted by Crippen LogP contribution is -2.25. The zero-order valence-electron chi connectivity index (χ0n) is 12.3. The Morgan fingerprint density at radius 2 is 1.65 bits per heavy atom. The largest absolute Gasteiger partial charge is 0.326 e. The molecule has 0 aliphatic heterocycles. The van der Waals surface area contributed by atoms with E-state index in [-0.39, 0.29) is 23.8 Å². The second-order valence-corrected chi connectivity index (χ2v) is 6.64. The van der Waals surface area contributed by atoms with Gasteiger partial charge in [0, 0.05) is 18.7 Å². The Morgan fingerprint density at radius 3 is 2.30 bits per heavy atom. The minimum Gasteiger partial charge on any atom is -0.326 e. The molecule has 0 heterocycles. The van der Waals surface area contributed by atoms with Crippen molar-refractivity contribution in [3.8, 4) is 0 Å². The van der Waals surface area contributed by atoms with Crippen LogP contribution < -0.4 is 10.0 Å². The molecule has 0 aliphatic rings. The molecular weight excluding hydrogens is 319 g/mol. The number of halogens is 1. The highest BCUT2D eigenvalue weighted by atomic mass is 32.2. The fourth-order valence-corrected chi connectivity index (χ4v) is 2.97. The summed E-state index contributed by atoms with van der Waals surface area (Å²) in [5.74, 6) is -0.682. The van der Waals surface area contributed by atoms with Gasteiger partial charge in [0.1, 0.15) is 5.82 Å². The molecule has 122 valence electrons. The lowest BCUT2D eigenvalue weighted by Gasteiger charge is -2.07. The third kappa shape index (κ3) is 5.46. The summed E-state index contributed by atoms with van der Waals surface area (Å²) < 4.78 is 39.1. The van der Waals surface area contributed by atoms with E-state index in [0.717, 1.165) is 12.1 Å². The average molecular weight is 336 g/mol. The molecule has 0 saturated carbocycles. The smallest absolute Gasteiger partial charge is 0.240 e. The molecule has 7 heteroatoms. The van der Waals surface area contributed by atoms with Crippen LogP contribution in [0, 0.1) is 5.82 Å². The molecule has 2 aromatic rings. The van der Waals surface area contributed by atoms with Crippen molar-refractivity contribution in [2.24, 2.45) is 0 Å². The predicted octanol–water partition coefficient (Wildman–Crippen LogP) is 2.52. The second kappa shape index (κ2) is 7.85. The number of amides is 1. The van der Waals surface area contributed by atoms with Crippen LogP contribution in [0.1, 0.15) is 12.8 Å². The quantitative estimate of drug-likeness (QED) is 0.763. The average Bonchev–Trinajstić information content (AvgIpc) is 2.53. The number of hydrogen-bond acceptors (Lipinski definition) is 3. The summed E-state index contributed by atoms with van der Waals surface area (Å²) in [5.41, 5.74) is 0.699. The van der Waals surface area contributed by atoms with Crippen molar-refractivity contribution in [3.05, 3.63) is 60.4 Å². The van der Waals surface area contributed by atoms with Gasteiger partial charge in [0.2, 0.25) is 15.9 Å². The molecular formula is C16H17FN2O3S. The molecule has 23 heavy (non-hydrogen) atoms. The molecule has 0 unspecified atom stereocenters. The SMILES string of the molecule is O=C(CCCNS(=O)(=O)c1ccc(F)cc1)Nc1ccccc1. The van der Waals surface area contributed by atoms with Gasteiger partial charge in [0.25, 0.3) is 0 Å². The van der Waals surface area contributed by atoms with Crippen molar-refractivity contribution in [2.45, 2.75) is 17.7 Å². The van der Waals surface area contributed by atoms with E-state index in [4.69, 9.17) is 0 Å². The number of rotatable bonds is 7. The van der Waals surface area contributed by atoms with E-state index in [1.54, 1.807) is 12.1 Å². The summed E-state index contributed by atoms with van der Waals surface area (Å²) in [5, 5.41) is 2.72. The van der Waals surface area contributed by atoms with Gasteiger partial charge >= 0.3 is 0 Å². The number of carbonyl (C=O) groups is 1. The molecule has 0 radical (unpaired) electrons. The second-order valence-electron chi connectivity index (χ2n) is 4.87. The molecule has 0 spiro atoms. The van der Waals surface area contributed by atoms with Crippen LogP contribution in [0.4, 0.5) is 10.1 Å². The van der Waals surface area contributed by atoms with E-state index in [2.05, 4.69) is 10.0 Å². The van der Waals surface area contributed by atoms with Crippen molar-refractivity contribution < 1.29 is 17.6 Å². The van der Waals surface area contributed by atoms with Crippen LogP contribution in [-0.2, 0) is 14.8 Å². The molecule has 5 nitrogen and oxygen atoms in total. The zero-order valence-corrected chi connectivity index (χ0v) is 13.1. The Labute approximate surface area is 134 Å². The van der Waals surface area contributed by atoms with E-state index >= 15 is 0 Å². The number of sulfonamides is 1. The van der Waals surface area contributed by atoms with E-state index in [1.807, 2.05) is 18.2 Å². The maximum atomic E-state index is 12.8. The highest BCUT2D eigenvalue weighted by molar-refractivity contribution is 7.89. The number of carbonyl (C=O) groups excluding carboxylic acids is 1. The predicted molar refractivity (Wildman–Crippen MR) is 85.9 cm³/mol. The van der Waals surface area contributed by atoms with E-state index in [0.29, 0.717) is 12.1 Å². The van der Waals surface area contributed by atoms with Crippen LogP contribution in [0.15, 0.2) is 59.5 Å². The summed E-state index contributed by atoms with van der Waals surface area (Å²) in [6, 6.07) is 13.6. The third-order valence-corrected chi connectivity index (χ3v) is 4.53. The highest BCUT2D eigenvalue weighted by Crippen LogP contribution is 2.10. The van der Waals surface area contributed by atoms with Crippen LogP contribution in [0.3, 0.4) is 0 Å². The van der Waals surface area contributed by atoms with Gasteiger partial charge in [-0.05, 0) is 42.8 Å². The van der Waals surface area contributed by atoms with Gasteiger partial charge in [-0.3, -0.25) is 4.79 Å². The first-order valence-electron chi connectivity index (χ1n) is 7.07. The monoisotopic (exact) mass is 336 g/mol. The standard InChI is InChI=1S/C16H17FN2O3S/c17-13-8-10-15(11-9-13)23(21,22)18-12-4-7-16(20)19-14-5-2-1-3-6-14/h1-3,5-6,8-11,18H,4,7,12H2,(H,19,20). The van der Waals surface area contributed by atoms with E-state index in [9.17, 15) is 17.6 Å². The number of para-hydroxylation sites is 1. The van der Waals surface area contributed by atoms with Crippen LogP contribution in [-0.4, -0.2) is 20.9 Å². The van der Waals surface area contributed by atoms with Gasteiger partial charge in [-0.2, -0.15) is 0 Å².